The smallest absolute Gasteiger partial charge is 0.231 e. The van der Waals surface area contributed by atoms with Crippen LogP contribution in [0.15, 0.2) is 12.1 Å². The number of benzene rings is 1. The summed E-state index contributed by atoms with van der Waals surface area (Å²) in [6, 6.07) is 3.87. The van der Waals surface area contributed by atoms with Crippen LogP contribution in [0, 0.1) is 0 Å². The summed E-state index contributed by atoms with van der Waals surface area (Å²) in [6.45, 7) is 1.10. The molecule has 25 heavy (non-hydrogen) atoms. The number of methoxy groups -OCH3 is 1. The summed E-state index contributed by atoms with van der Waals surface area (Å²) in [6.07, 6.45) is 3.59. The quantitative estimate of drug-likeness (QED) is 0.908. The first-order valence-electron chi connectivity index (χ1n) is 8.61. The van der Waals surface area contributed by atoms with E-state index in [1.165, 1.54) is 0 Å². The maximum absolute atomic E-state index is 12.3. The number of rotatable bonds is 2. The SMILES string of the molecule is COc1cc(C2CC(=O)Nc3c2nc2n3CCCC2)cc2c1OCO2. The Balaban J connectivity index is 1.64. The van der Waals surface area contributed by atoms with Gasteiger partial charge in [0.2, 0.25) is 18.4 Å². The van der Waals surface area contributed by atoms with Gasteiger partial charge in [-0.2, -0.15) is 0 Å². The normalized spacial score (nSPS) is 20.7. The number of nitrogens with zero attached hydrogens (tertiary/aromatic N) is 2. The summed E-state index contributed by atoms with van der Waals surface area (Å²) in [5, 5.41) is 3.02. The van der Waals surface area contributed by atoms with Gasteiger partial charge in [-0.05, 0) is 30.5 Å². The Labute approximate surface area is 144 Å². The zero-order valence-electron chi connectivity index (χ0n) is 14.0. The molecule has 0 aliphatic carbocycles. The second-order valence-corrected chi connectivity index (χ2v) is 6.63. The number of aryl methyl sites for hydroxylation is 1. The number of hydrogen-bond donors (Lipinski definition) is 1. The van der Waals surface area contributed by atoms with Crippen molar-refractivity contribution in [3.8, 4) is 17.2 Å². The highest BCUT2D eigenvalue weighted by Crippen LogP contribution is 2.46. The molecule has 7 heteroatoms. The molecule has 0 bridgehead atoms. The second-order valence-electron chi connectivity index (χ2n) is 6.63. The zero-order chi connectivity index (χ0) is 17.0. The largest absolute Gasteiger partial charge is 0.493 e. The van der Waals surface area contributed by atoms with Gasteiger partial charge in [0.15, 0.2) is 11.5 Å². The van der Waals surface area contributed by atoms with Crippen molar-refractivity contribution in [3.05, 3.63) is 29.2 Å². The Morgan fingerprint density at radius 3 is 3.12 bits per heavy atom. The lowest BCUT2D eigenvalue weighted by atomic mass is 9.89. The van der Waals surface area contributed by atoms with Crippen LogP contribution < -0.4 is 19.5 Å². The molecule has 0 spiro atoms. The number of ether oxygens (including phenoxy) is 3. The van der Waals surface area contributed by atoms with Crippen LogP contribution in [0.1, 0.15) is 42.3 Å². The van der Waals surface area contributed by atoms with Gasteiger partial charge in [-0.25, -0.2) is 4.98 Å². The van der Waals surface area contributed by atoms with Gasteiger partial charge in [0.05, 0.1) is 12.8 Å². The first-order valence-corrected chi connectivity index (χ1v) is 8.61. The Kier molecular flexibility index (Phi) is 3.16. The number of carbonyl (C=O) groups is 1. The van der Waals surface area contributed by atoms with E-state index in [1.54, 1.807) is 7.11 Å². The number of amides is 1. The molecule has 1 aromatic carbocycles. The van der Waals surface area contributed by atoms with Gasteiger partial charge in [-0.15, -0.1) is 0 Å². The summed E-state index contributed by atoms with van der Waals surface area (Å²) >= 11 is 0. The van der Waals surface area contributed by atoms with Crippen LogP contribution in [0.4, 0.5) is 5.82 Å². The van der Waals surface area contributed by atoms with Crippen molar-refractivity contribution < 1.29 is 19.0 Å². The van der Waals surface area contributed by atoms with E-state index in [0.717, 1.165) is 48.7 Å². The molecular formula is C18H19N3O4. The van der Waals surface area contributed by atoms with E-state index in [4.69, 9.17) is 19.2 Å². The minimum Gasteiger partial charge on any atom is -0.493 e. The summed E-state index contributed by atoms with van der Waals surface area (Å²) in [7, 11) is 1.61. The van der Waals surface area contributed by atoms with Crippen LogP contribution in [-0.2, 0) is 17.8 Å². The average Bonchev–Trinajstić information content (AvgIpc) is 3.24. The van der Waals surface area contributed by atoms with Gasteiger partial charge >= 0.3 is 0 Å². The summed E-state index contributed by atoms with van der Waals surface area (Å²) in [4.78, 5) is 17.2. The predicted octanol–water partition coefficient (Wildman–Crippen LogP) is 2.43. The Hall–Kier alpha value is -2.70. The lowest BCUT2D eigenvalue weighted by Crippen LogP contribution is -2.25. The fourth-order valence-electron chi connectivity index (χ4n) is 3.97. The third-order valence-electron chi connectivity index (χ3n) is 5.17. The van der Waals surface area contributed by atoms with Gasteiger partial charge < -0.3 is 24.1 Å². The van der Waals surface area contributed by atoms with E-state index in [-0.39, 0.29) is 18.6 Å². The molecule has 1 atom stereocenters. The minimum atomic E-state index is -0.106. The lowest BCUT2D eigenvalue weighted by Gasteiger charge is -2.24. The first kappa shape index (κ1) is 14.6. The van der Waals surface area contributed by atoms with Crippen molar-refractivity contribution in [3.63, 3.8) is 0 Å². The molecule has 1 N–H and O–H groups in total. The molecule has 3 aliphatic rings. The zero-order valence-corrected chi connectivity index (χ0v) is 14.0. The average molecular weight is 341 g/mol. The summed E-state index contributed by atoms with van der Waals surface area (Å²) in [5.41, 5.74) is 1.91. The summed E-state index contributed by atoms with van der Waals surface area (Å²) < 4.78 is 18.6. The fourth-order valence-corrected chi connectivity index (χ4v) is 3.97. The molecule has 1 amide bonds. The van der Waals surface area contributed by atoms with Crippen molar-refractivity contribution in [2.75, 3.05) is 19.2 Å². The maximum atomic E-state index is 12.3. The molecule has 0 fully saturated rings. The fraction of sp³-hybridized carbons (Fsp3) is 0.444. The second kappa shape index (κ2) is 5.40. The molecule has 1 aromatic heterocycles. The topological polar surface area (TPSA) is 74.6 Å². The van der Waals surface area contributed by atoms with Crippen LogP contribution in [0.5, 0.6) is 17.2 Å². The molecule has 0 saturated carbocycles. The third kappa shape index (κ3) is 2.18. The summed E-state index contributed by atoms with van der Waals surface area (Å²) in [5.74, 6) is 3.74. The van der Waals surface area contributed by atoms with Crippen molar-refractivity contribution in [1.29, 1.82) is 0 Å². The van der Waals surface area contributed by atoms with E-state index < -0.39 is 0 Å². The predicted molar refractivity (Wildman–Crippen MR) is 89.4 cm³/mol. The van der Waals surface area contributed by atoms with Crippen LogP contribution in [0.3, 0.4) is 0 Å². The lowest BCUT2D eigenvalue weighted by molar-refractivity contribution is -0.116. The molecule has 1 unspecified atom stereocenters. The molecule has 3 aliphatic heterocycles. The number of fused-ring (bicyclic) bond motifs is 4. The van der Waals surface area contributed by atoms with Crippen molar-refractivity contribution in [1.82, 2.24) is 9.55 Å². The van der Waals surface area contributed by atoms with Crippen molar-refractivity contribution in [2.24, 2.45) is 0 Å². The monoisotopic (exact) mass is 341 g/mol. The number of anilines is 1. The number of aromatic nitrogens is 2. The van der Waals surface area contributed by atoms with E-state index in [9.17, 15) is 4.79 Å². The third-order valence-corrected chi connectivity index (χ3v) is 5.17. The highest BCUT2D eigenvalue weighted by molar-refractivity contribution is 5.94. The van der Waals surface area contributed by atoms with Crippen LogP contribution in [0.25, 0.3) is 0 Å². The highest BCUT2D eigenvalue weighted by Gasteiger charge is 2.34. The van der Waals surface area contributed by atoms with Crippen LogP contribution in [0.2, 0.25) is 0 Å². The molecule has 7 nitrogen and oxygen atoms in total. The standard InChI is InChI=1S/C18H19N3O4/c1-23-12-6-10(7-13-17(12)25-9-24-13)11-8-15(22)20-18-16(11)19-14-4-2-3-5-21(14)18/h6-7,11H,2-5,8-9H2,1H3,(H,20,22). The molecule has 4 heterocycles. The van der Waals surface area contributed by atoms with Gasteiger partial charge in [0, 0.05) is 25.3 Å². The molecule has 0 saturated heterocycles. The Morgan fingerprint density at radius 2 is 2.24 bits per heavy atom. The van der Waals surface area contributed by atoms with Gasteiger partial charge in [0.25, 0.3) is 0 Å². The number of hydrogen-bond acceptors (Lipinski definition) is 5. The number of nitrogens with one attached hydrogen (secondary N) is 1. The Bertz CT molecular complexity index is 874. The van der Waals surface area contributed by atoms with E-state index in [0.29, 0.717) is 23.7 Å². The van der Waals surface area contributed by atoms with Crippen molar-refractivity contribution in [2.45, 2.75) is 38.1 Å². The van der Waals surface area contributed by atoms with Gasteiger partial charge in [-0.3, -0.25) is 4.79 Å². The van der Waals surface area contributed by atoms with Gasteiger partial charge in [0.1, 0.15) is 11.6 Å². The minimum absolute atomic E-state index is 0.0161. The molecule has 2 aromatic rings. The highest BCUT2D eigenvalue weighted by atomic mass is 16.7. The van der Waals surface area contributed by atoms with Crippen LogP contribution in [-0.4, -0.2) is 29.4 Å². The van der Waals surface area contributed by atoms with E-state index >= 15 is 0 Å². The maximum Gasteiger partial charge on any atom is 0.231 e. The van der Waals surface area contributed by atoms with Crippen molar-refractivity contribution >= 4 is 11.7 Å². The van der Waals surface area contributed by atoms with Crippen LogP contribution >= 0.6 is 0 Å². The molecular weight excluding hydrogens is 322 g/mol. The molecule has 0 radical (unpaired) electrons. The van der Waals surface area contributed by atoms with Gasteiger partial charge in [-0.1, -0.05) is 0 Å². The Morgan fingerprint density at radius 1 is 1.32 bits per heavy atom. The molecule has 130 valence electrons. The van der Waals surface area contributed by atoms with E-state index in [1.807, 2.05) is 12.1 Å². The number of imidazole rings is 1. The first-order chi connectivity index (χ1) is 12.2. The molecule has 5 rings (SSSR count). The van der Waals surface area contributed by atoms with E-state index in [2.05, 4.69) is 9.88 Å². The number of carbonyl (C=O) groups excluding carboxylic acids is 1.